The van der Waals surface area contributed by atoms with Gasteiger partial charge in [0.05, 0.1) is 12.9 Å². The van der Waals surface area contributed by atoms with E-state index in [9.17, 15) is 23.5 Å². The molecule has 1 aliphatic carbocycles. The number of ether oxygens (including phenoxy) is 1. The van der Waals surface area contributed by atoms with Gasteiger partial charge in [0.1, 0.15) is 18.0 Å². The van der Waals surface area contributed by atoms with E-state index in [0.717, 1.165) is 25.7 Å². The fourth-order valence-corrected chi connectivity index (χ4v) is 6.67. The number of alkyl halides is 1. The van der Waals surface area contributed by atoms with Crippen LogP contribution in [-0.2, 0) is 18.4 Å². The van der Waals surface area contributed by atoms with Crippen molar-refractivity contribution < 1.29 is 42.6 Å². The average Bonchev–Trinajstić information content (AvgIpc) is 3.40. The normalized spacial score (nSPS) is 28.4. The van der Waals surface area contributed by atoms with Crippen LogP contribution in [0.2, 0.25) is 0 Å². The number of hydrogen-bond donors (Lipinski definition) is 5. The van der Waals surface area contributed by atoms with Crippen LogP contribution in [0.1, 0.15) is 37.7 Å². The highest BCUT2D eigenvalue weighted by atomic mass is 31.2. The molecule has 1 unspecified atom stereocenters. The van der Waals surface area contributed by atoms with Crippen LogP contribution in [0, 0.1) is 6.92 Å². The number of aliphatic hydroxyl groups excluding tert-OH is 1. The molecule has 13 nitrogen and oxygen atoms in total. The topological polar surface area (TPSA) is 189 Å². The SMILES string of the molecule is Cc1nc(NC2CCCC2)c2ncn([C@@H]3O[C@H](COP(=O)(O)CP(=O)(O)O)[C@@H](O)[C@@H]3F)c2n1. The molecule has 3 heterocycles. The van der Waals surface area contributed by atoms with Crippen LogP contribution in [0.15, 0.2) is 6.33 Å². The number of aliphatic hydroxyl groups is 1. The maximum Gasteiger partial charge on any atom is 0.340 e. The summed E-state index contributed by atoms with van der Waals surface area (Å²) in [5, 5.41) is 13.6. The Kier molecular flexibility index (Phi) is 6.92. The van der Waals surface area contributed by atoms with Crippen molar-refractivity contribution in [1.82, 2.24) is 19.5 Å². The second kappa shape index (κ2) is 9.27. The number of aromatic nitrogens is 4. The molecule has 33 heavy (non-hydrogen) atoms. The maximum atomic E-state index is 14.9. The van der Waals surface area contributed by atoms with E-state index in [4.69, 9.17) is 14.5 Å². The van der Waals surface area contributed by atoms with Crippen molar-refractivity contribution >= 4 is 32.2 Å². The number of halogens is 1. The molecular formula is C17H26FN5O8P2. The van der Waals surface area contributed by atoms with Gasteiger partial charge in [-0.15, -0.1) is 0 Å². The number of anilines is 1. The van der Waals surface area contributed by atoms with Crippen LogP contribution in [-0.4, -0.2) is 76.2 Å². The average molecular weight is 509 g/mol. The van der Waals surface area contributed by atoms with Crippen molar-refractivity contribution in [2.45, 2.75) is 63.3 Å². The van der Waals surface area contributed by atoms with E-state index in [0.29, 0.717) is 22.8 Å². The fraction of sp³-hybridized carbons (Fsp3) is 0.706. The summed E-state index contributed by atoms with van der Waals surface area (Å²) in [5.41, 5.74) is 0.706. The number of rotatable bonds is 8. The largest absolute Gasteiger partial charge is 0.387 e. The molecule has 2 fully saturated rings. The maximum absolute atomic E-state index is 14.9. The van der Waals surface area contributed by atoms with E-state index in [1.807, 2.05) is 0 Å². The Morgan fingerprint density at radius 2 is 1.97 bits per heavy atom. The van der Waals surface area contributed by atoms with Gasteiger partial charge in [0.25, 0.3) is 0 Å². The fourth-order valence-electron chi connectivity index (χ4n) is 4.10. The van der Waals surface area contributed by atoms with Crippen LogP contribution < -0.4 is 5.32 Å². The molecule has 0 radical (unpaired) electrons. The quantitative estimate of drug-likeness (QED) is 0.322. The third kappa shape index (κ3) is 5.60. The van der Waals surface area contributed by atoms with Gasteiger partial charge in [-0.1, -0.05) is 12.8 Å². The molecule has 184 valence electrons. The van der Waals surface area contributed by atoms with Gasteiger partial charge < -0.3 is 34.4 Å². The summed E-state index contributed by atoms with van der Waals surface area (Å²) < 4.78 is 49.3. The van der Waals surface area contributed by atoms with Crippen molar-refractivity contribution in [3.8, 4) is 0 Å². The number of aryl methyl sites for hydroxylation is 1. The van der Waals surface area contributed by atoms with Crippen molar-refractivity contribution in [2.24, 2.45) is 0 Å². The van der Waals surface area contributed by atoms with Gasteiger partial charge in [0, 0.05) is 6.04 Å². The summed E-state index contributed by atoms with van der Waals surface area (Å²) >= 11 is 0. The Morgan fingerprint density at radius 3 is 2.64 bits per heavy atom. The standard InChI is InChI=1S/C17H26FN5O8P2/c1-9-20-15(22-10-4-2-3-5-10)13-16(21-9)23(7-19-13)17-12(18)14(24)11(31-17)6-30-33(28,29)8-32(25,26)27/h7,10-12,14,17,24H,2-6,8H2,1H3,(H,28,29)(H,20,21,22)(H2,25,26,27)/t11-,12+,14-,17-/m1/s1. The van der Waals surface area contributed by atoms with Crippen LogP contribution in [0.25, 0.3) is 11.2 Å². The highest BCUT2D eigenvalue weighted by molar-refractivity contribution is 7.70. The molecular weight excluding hydrogens is 483 g/mol. The molecule has 2 aromatic heterocycles. The zero-order valence-corrected chi connectivity index (χ0v) is 19.5. The van der Waals surface area contributed by atoms with Crippen LogP contribution in [0.3, 0.4) is 0 Å². The summed E-state index contributed by atoms with van der Waals surface area (Å²) in [6, 6.07) is 0.259. The third-order valence-electron chi connectivity index (χ3n) is 5.60. The zero-order chi connectivity index (χ0) is 24.0. The van der Waals surface area contributed by atoms with E-state index in [-0.39, 0.29) is 6.04 Å². The first-order valence-corrected chi connectivity index (χ1v) is 14.0. The molecule has 0 aromatic carbocycles. The molecule has 0 spiro atoms. The second-order valence-electron chi connectivity index (χ2n) is 8.31. The first kappa shape index (κ1) is 24.6. The molecule has 1 saturated carbocycles. The van der Waals surface area contributed by atoms with Gasteiger partial charge in [-0.25, -0.2) is 19.3 Å². The first-order chi connectivity index (χ1) is 15.4. The van der Waals surface area contributed by atoms with Crippen molar-refractivity contribution in [3.63, 3.8) is 0 Å². The predicted octanol–water partition coefficient (Wildman–Crippen LogP) is 1.42. The van der Waals surface area contributed by atoms with Gasteiger partial charge in [-0.2, -0.15) is 0 Å². The minimum Gasteiger partial charge on any atom is -0.387 e. The number of fused-ring (bicyclic) bond motifs is 1. The van der Waals surface area contributed by atoms with E-state index in [1.165, 1.54) is 10.9 Å². The monoisotopic (exact) mass is 509 g/mol. The van der Waals surface area contributed by atoms with E-state index in [1.54, 1.807) is 6.92 Å². The molecule has 1 aliphatic heterocycles. The minimum absolute atomic E-state index is 0.259. The molecule has 1 saturated heterocycles. The Labute approximate surface area is 188 Å². The summed E-state index contributed by atoms with van der Waals surface area (Å²) in [6.07, 6.45) is -0.812. The highest BCUT2D eigenvalue weighted by Crippen LogP contribution is 2.55. The zero-order valence-electron chi connectivity index (χ0n) is 17.7. The number of nitrogens with zero attached hydrogens (tertiary/aromatic N) is 4. The summed E-state index contributed by atoms with van der Waals surface area (Å²) in [7, 11) is -9.51. The summed E-state index contributed by atoms with van der Waals surface area (Å²) in [6.45, 7) is 0.936. The first-order valence-electron chi connectivity index (χ1n) is 10.4. The highest BCUT2D eigenvalue weighted by Gasteiger charge is 2.47. The van der Waals surface area contributed by atoms with E-state index in [2.05, 4.69) is 24.8 Å². The number of nitrogens with one attached hydrogen (secondary N) is 1. The van der Waals surface area contributed by atoms with Crippen LogP contribution >= 0.6 is 15.2 Å². The number of hydrogen-bond acceptors (Lipinski definition) is 9. The van der Waals surface area contributed by atoms with E-state index < -0.39 is 52.3 Å². The third-order valence-corrected chi connectivity index (χ3v) is 9.06. The Balaban J connectivity index is 1.53. The van der Waals surface area contributed by atoms with Crippen LogP contribution in [0.4, 0.5) is 10.2 Å². The molecule has 5 atom stereocenters. The van der Waals surface area contributed by atoms with E-state index >= 15 is 0 Å². The molecule has 2 aliphatic rings. The summed E-state index contributed by atoms with van der Waals surface area (Å²) in [4.78, 5) is 40.4. The summed E-state index contributed by atoms with van der Waals surface area (Å²) in [5.74, 6) is -0.447. The van der Waals surface area contributed by atoms with Gasteiger partial charge >= 0.3 is 15.2 Å². The molecule has 0 bridgehead atoms. The van der Waals surface area contributed by atoms with Gasteiger partial charge in [-0.05, 0) is 19.8 Å². The van der Waals surface area contributed by atoms with Gasteiger partial charge in [0.15, 0.2) is 35.3 Å². The Bertz CT molecular complexity index is 1110. The Hall–Kier alpha value is -1.50. The number of imidazole rings is 1. The second-order valence-corrected chi connectivity index (χ2v) is 12.3. The van der Waals surface area contributed by atoms with Crippen molar-refractivity contribution in [1.29, 1.82) is 0 Å². The molecule has 2 aromatic rings. The Morgan fingerprint density at radius 1 is 1.27 bits per heavy atom. The smallest absolute Gasteiger partial charge is 0.340 e. The lowest BCUT2D eigenvalue weighted by Crippen LogP contribution is -2.31. The lowest BCUT2D eigenvalue weighted by Gasteiger charge is -2.18. The molecule has 4 rings (SSSR count). The van der Waals surface area contributed by atoms with Crippen molar-refractivity contribution in [2.75, 3.05) is 17.8 Å². The van der Waals surface area contributed by atoms with Gasteiger partial charge in [0.2, 0.25) is 0 Å². The molecule has 16 heteroatoms. The van der Waals surface area contributed by atoms with Gasteiger partial charge in [-0.3, -0.25) is 13.7 Å². The molecule has 0 amide bonds. The predicted molar refractivity (Wildman–Crippen MR) is 113 cm³/mol. The van der Waals surface area contributed by atoms with Crippen LogP contribution in [0.5, 0.6) is 0 Å². The lowest BCUT2D eigenvalue weighted by atomic mass is 10.1. The lowest BCUT2D eigenvalue weighted by molar-refractivity contribution is -0.0425. The minimum atomic E-state index is -4.82. The molecule has 5 N–H and O–H groups in total. The van der Waals surface area contributed by atoms with Crippen molar-refractivity contribution in [3.05, 3.63) is 12.2 Å².